The van der Waals surface area contributed by atoms with Gasteiger partial charge in [-0.3, -0.25) is 0 Å². The average molecular weight is 8510 g/mol. The smallest absolute Gasteiger partial charge is 2.00 e. The van der Waals surface area contributed by atoms with Crippen molar-refractivity contribution in [1.29, 1.82) is 0 Å². The van der Waals surface area contributed by atoms with Crippen molar-refractivity contribution < 1.29 is 2390 Å². The average Bonchev–Trinajstić information content (AvgIpc) is 0. The van der Waals surface area contributed by atoms with Gasteiger partial charge in [0.25, 0.3) is 0 Å². The van der Waals surface area contributed by atoms with E-state index < -0.39 is 0 Å². The summed E-state index contributed by atoms with van der Waals surface area (Å²) in [6.45, 7) is 0. The summed E-state index contributed by atoms with van der Waals surface area (Å²) in [5.74, 6) is 0. The van der Waals surface area contributed by atoms with Crippen molar-refractivity contribution in [3.8, 4) is 0 Å². The molecule has 0 saturated heterocycles. The molecule has 1160 valence electrons. The van der Waals surface area contributed by atoms with Gasteiger partial charge in [-0.15, -0.1) is 0 Å². The summed E-state index contributed by atoms with van der Waals surface area (Å²) >= 11 is 0. The van der Waals surface area contributed by atoms with E-state index in [0.29, 0.717) is 0 Å². The van der Waals surface area contributed by atoms with Crippen molar-refractivity contribution in [2.75, 3.05) is 0 Å². The number of rotatable bonds is 0. The van der Waals surface area contributed by atoms with Gasteiger partial charge < -0.3 is 0 Å². The Labute approximate surface area is 2330 Å². The maximum atomic E-state index is 0. The molecule has 0 amide bonds. The minimum absolute atomic E-state index is 0. The second kappa shape index (κ2) is 1940. The van der Waals surface area contributed by atoms with Gasteiger partial charge in [0.1, 0.15) is 0 Å². The zero-order valence-electron chi connectivity index (χ0n) is 45.9. The molecule has 0 aromatic carbocycles. The maximum absolute atomic E-state index is 0. The van der Waals surface area contributed by atoms with Crippen molar-refractivity contribution in [3.63, 3.8) is 0 Å². The van der Waals surface area contributed by atoms with Crippen LogP contribution in [0.5, 0.6) is 0 Å². The Bertz CT molecular complexity index is 0. The fourth-order valence-corrected chi connectivity index (χ4v) is 0. The van der Waals surface area contributed by atoms with E-state index in [1.807, 2.05) is 0 Å². The third kappa shape index (κ3) is 1920. The van der Waals surface area contributed by atoms with E-state index in [1.165, 1.54) is 0 Å². The maximum Gasteiger partial charge on any atom is 2.00 e. The Morgan fingerprint density at radius 3 is 0.00690 bits per heavy atom. The van der Waals surface area contributed by atoms with Gasteiger partial charge in [0, 0.05) is 0 Å². The van der Waals surface area contributed by atoms with E-state index in [-0.39, 0.29) is 2390 Å². The minimum atomic E-state index is 0. The molecular weight excluding hydrogens is 8510 g/mol. The summed E-state index contributed by atoms with van der Waals surface area (Å²) in [4.78, 5) is 0. The molecular formula is Ni145+290. The van der Waals surface area contributed by atoms with Crippen molar-refractivity contribution in [3.05, 3.63) is 0 Å². The van der Waals surface area contributed by atoms with Gasteiger partial charge in [-0.2, -0.15) is 0 Å². The predicted octanol–water partition coefficient (Wildman–Crippen LogP) is -0.363. The quantitative estimate of drug-likeness (QED) is 0.292. The summed E-state index contributed by atoms with van der Waals surface area (Å²) in [5.41, 5.74) is 0. The molecule has 0 fully saturated rings. The van der Waals surface area contributed by atoms with E-state index >= 15 is 0 Å². The molecule has 0 aromatic heterocycles. The van der Waals surface area contributed by atoms with Crippen LogP contribution in [0.25, 0.3) is 0 Å². The molecule has 0 unspecified atom stereocenters. The predicted molar refractivity (Wildman–Crippen MR) is 0 cm³/mol. The van der Waals surface area contributed by atoms with Crippen molar-refractivity contribution in [1.82, 2.24) is 0 Å². The molecule has 0 aromatic rings. The van der Waals surface area contributed by atoms with E-state index in [9.17, 15) is 0 Å². The fourth-order valence-electron chi connectivity index (χ4n) is 0. The Balaban J connectivity index is 0. The van der Waals surface area contributed by atoms with Crippen LogP contribution in [0.15, 0.2) is 0 Å². The van der Waals surface area contributed by atoms with Crippen LogP contribution in [0, 0.1) is 0 Å². The van der Waals surface area contributed by atoms with Crippen LogP contribution in [0.2, 0.25) is 0 Å². The SMILES string of the molecule is [Ni+2].[Ni+2].[Ni+2].[Ni+2].[Ni+2].[Ni+2].[Ni+2].[Ni+2].[Ni+2].[Ni+2].[Ni+2].[Ni+2].[Ni+2].[Ni+2].[Ni+2].[Ni+2].[Ni+2].[Ni+2].[Ni+2].[Ni+2].[Ni+2].[Ni+2].[Ni+2].[Ni+2].[Ni+2].[Ni+2].[Ni+2].[Ni+2].[Ni+2].[Ni+2].[Ni+2].[Ni+2].[Ni+2].[Ni+2].[Ni+2].[Ni+2].[Ni+2].[Ni+2].[Ni+2].[Ni+2].[Ni+2].[Ni+2].[Ni+2].[Ni+2].[Ni+2].[Ni+2].[Ni+2].[Ni+2].[Ni+2].[Ni+2].[Ni+2].[Ni+2].[Ni+2].[Ni+2].[Ni+2].[Ni+2].[Ni+2].[Ni+2].[Ni+2].[Ni+2].[Ni+2].[Ni+2].[Ni+2].[Ni+2].[Ni+2].[Ni+2].[Ni+2].[Ni+2].[Ni+2].[Ni+2].[Ni+2].[Ni+2].[Ni+2].[Ni+2].[Ni+2].[Ni+2].[Ni+2].[Ni+2].[Ni+2].[Ni+2].[Ni+2].[Ni+2].[Ni+2].[Ni+2].[Ni+2].[Ni+2].[Ni+2].[Ni+2].[Ni+2].[Ni+2].[Ni+2].[Ni+2].[Ni+2].[Ni+2].[Ni+2].[Ni+2].[Ni+2].[Ni+2].[Ni+2].[Ni+2].[Ni+2].[Ni+2].[Ni+2].[Ni+2].[Ni+2].[Ni+2].[Ni+2].[Ni+2].[Ni+2].[Ni+2].[Ni+2].[Ni+2].[Ni+2].[Ni+2].[Ni+2].[Ni+2].[Ni+2].[Ni+2].[Ni+2].[Ni+2].[Ni+2].[Ni+2].[Ni+2].[Ni+2].[Ni+2].[Ni+2].[Ni+2].[Ni+2].[Ni+2].[Ni+2].[Ni+2].[Ni+2].[Ni+2].[Ni+2].[Ni+2].[Ni+2].[Ni+2].[Ni+2].[Ni+2].[Ni+2].[Ni+2].[Ni+2].[Ni+2].[Ni+2].[Ni+2]. The summed E-state index contributed by atoms with van der Waals surface area (Å²) < 4.78 is 0. The fraction of sp³-hybridized carbons (Fsp3) is 0. The topological polar surface area (TPSA) is 0 Å². The first-order chi connectivity index (χ1) is 0. The van der Waals surface area contributed by atoms with Gasteiger partial charge in [0.2, 0.25) is 0 Å². The normalized spacial score (nSPS) is 0. The van der Waals surface area contributed by atoms with Gasteiger partial charge >= 0.3 is 2390 Å². The van der Waals surface area contributed by atoms with Crippen LogP contribution < -0.4 is 0 Å². The molecule has 145 heteroatoms. The number of hydrogen-bond donors (Lipinski definition) is 0. The molecule has 0 aliphatic carbocycles. The van der Waals surface area contributed by atoms with E-state index in [2.05, 4.69) is 0 Å². The van der Waals surface area contributed by atoms with Crippen LogP contribution in [-0.4, -0.2) is 0 Å². The first-order valence-electron chi connectivity index (χ1n) is 0. The van der Waals surface area contributed by atoms with Crippen molar-refractivity contribution in [2.45, 2.75) is 0 Å². The van der Waals surface area contributed by atoms with Crippen LogP contribution in [0.4, 0.5) is 0 Å². The summed E-state index contributed by atoms with van der Waals surface area (Å²) in [6, 6.07) is 0. The summed E-state index contributed by atoms with van der Waals surface area (Å²) in [7, 11) is 0. The number of hydrogen-bond acceptors (Lipinski definition) is 0. The molecule has 0 atom stereocenters. The zero-order chi connectivity index (χ0) is 0. The molecule has 145 heavy (non-hydrogen) atoms. The zero-order valence-corrected chi connectivity index (χ0v) is 189. The van der Waals surface area contributed by atoms with Gasteiger partial charge in [0.15, 0.2) is 0 Å². The molecule has 0 N–H and O–H groups in total. The summed E-state index contributed by atoms with van der Waals surface area (Å²) in [6.07, 6.45) is 0. The first-order valence-corrected chi connectivity index (χ1v) is 0. The molecule has 0 heterocycles. The molecule has 0 bridgehead atoms. The second-order valence-corrected chi connectivity index (χ2v) is 0. The third-order valence-electron chi connectivity index (χ3n) is 0. The molecule has 0 spiro atoms. The Morgan fingerprint density at radius 1 is 0.00690 bits per heavy atom. The van der Waals surface area contributed by atoms with Crippen LogP contribution in [0.3, 0.4) is 0 Å². The largest absolute Gasteiger partial charge is 2.00 e. The summed E-state index contributed by atoms with van der Waals surface area (Å²) in [5, 5.41) is 0. The molecule has 0 radical (unpaired) electrons. The van der Waals surface area contributed by atoms with Crippen molar-refractivity contribution >= 4 is 0 Å². The van der Waals surface area contributed by atoms with Crippen LogP contribution >= 0.6 is 0 Å². The molecule has 0 rings (SSSR count). The minimum Gasteiger partial charge on any atom is 2.00 e. The van der Waals surface area contributed by atoms with Gasteiger partial charge in [-0.05, 0) is 0 Å². The van der Waals surface area contributed by atoms with Crippen LogP contribution in [0.1, 0.15) is 0 Å². The third-order valence-corrected chi connectivity index (χ3v) is 0. The Hall–Kier alpha value is 71.6. The van der Waals surface area contributed by atoms with Gasteiger partial charge in [0.05, 0.1) is 0 Å². The van der Waals surface area contributed by atoms with E-state index in [0.717, 1.165) is 0 Å². The van der Waals surface area contributed by atoms with E-state index in [1.54, 1.807) is 0 Å². The van der Waals surface area contributed by atoms with E-state index in [4.69, 9.17) is 0 Å². The monoisotopic (exact) mass is 8400 g/mol. The standard InChI is InChI=1S/145Ni/q145*+2. The van der Waals surface area contributed by atoms with Crippen LogP contribution in [-0.2, 0) is 2390 Å². The first kappa shape index (κ1) is 1970. The Kier molecular flexibility index (Phi) is 26300. The second-order valence-electron chi connectivity index (χ2n) is 0. The Morgan fingerprint density at radius 2 is 0.00690 bits per heavy atom. The molecule has 0 nitrogen and oxygen atoms in total. The molecule has 0 aliphatic heterocycles. The molecule has 0 saturated carbocycles. The molecule has 0 aliphatic rings. The van der Waals surface area contributed by atoms with Gasteiger partial charge in [-0.25, -0.2) is 0 Å². The van der Waals surface area contributed by atoms with Gasteiger partial charge in [-0.1, -0.05) is 0 Å². The van der Waals surface area contributed by atoms with Crippen molar-refractivity contribution in [2.24, 2.45) is 0 Å².